The number of ether oxygens (including phenoxy) is 1. The van der Waals surface area contributed by atoms with E-state index in [0.717, 1.165) is 10.4 Å². The van der Waals surface area contributed by atoms with Crippen molar-refractivity contribution in [3.05, 3.63) is 18.2 Å². The van der Waals surface area contributed by atoms with E-state index in [1.807, 2.05) is 45.9 Å². The molecule has 2 fully saturated rings. The van der Waals surface area contributed by atoms with E-state index in [1.54, 1.807) is 0 Å². The van der Waals surface area contributed by atoms with Gasteiger partial charge in [-0.2, -0.15) is 0 Å². The van der Waals surface area contributed by atoms with Gasteiger partial charge in [0, 0.05) is 28.7 Å². The molecule has 8 heteroatoms. The van der Waals surface area contributed by atoms with E-state index in [9.17, 15) is 8.78 Å². The molecule has 4 nitrogen and oxygen atoms in total. The molecule has 3 rings (SSSR count). The van der Waals surface area contributed by atoms with Gasteiger partial charge < -0.3 is 14.0 Å². The normalized spacial score (nSPS) is 23.6. The molecule has 30 heavy (non-hydrogen) atoms. The highest BCUT2D eigenvalue weighted by Gasteiger charge is 2.52. The monoisotopic (exact) mass is 441 g/mol. The number of hydrogen-bond donors (Lipinski definition) is 1. The van der Waals surface area contributed by atoms with Gasteiger partial charge in [-0.3, -0.25) is 4.72 Å². The summed E-state index contributed by atoms with van der Waals surface area (Å²) in [6.45, 7) is 14.3. The van der Waals surface area contributed by atoms with Gasteiger partial charge in [-0.15, -0.1) is 0 Å². The van der Waals surface area contributed by atoms with Crippen LogP contribution in [-0.2, 0) is 9.31 Å². The van der Waals surface area contributed by atoms with Gasteiger partial charge in [0.25, 0.3) is 0 Å². The fourth-order valence-electron chi connectivity index (χ4n) is 3.37. The summed E-state index contributed by atoms with van der Waals surface area (Å²) in [7, 11) is -0.579. The largest absolute Gasteiger partial charge is 0.498 e. The lowest BCUT2D eigenvalue weighted by Crippen LogP contribution is -2.41. The Morgan fingerprint density at radius 1 is 1.07 bits per heavy atom. The SMILES string of the molecule is CC(C)(C)NSc1ccc(OC2CCC(F)(F)CC2)c(B2OC(C)(C)C(C)(C)O2)c1. The summed E-state index contributed by atoms with van der Waals surface area (Å²) in [6, 6.07) is 5.89. The summed E-state index contributed by atoms with van der Waals surface area (Å²) in [5, 5.41) is 0. The average molecular weight is 441 g/mol. The molecule has 1 aromatic rings. The summed E-state index contributed by atoms with van der Waals surface area (Å²) in [5.41, 5.74) is -0.201. The topological polar surface area (TPSA) is 39.7 Å². The van der Waals surface area contributed by atoms with Crippen molar-refractivity contribution in [1.82, 2.24) is 4.72 Å². The maximum absolute atomic E-state index is 13.5. The van der Waals surface area contributed by atoms with E-state index in [4.69, 9.17) is 14.0 Å². The van der Waals surface area contributed by atoms with Gasteiger partial charge in [0.05, 0.1) is 17.3 Å². The van der Waals surface area contributed by atoms with Gasteiger partial charge in [0.1, 0.15) is 5.75 Å². The molecule has 1 aliphatic carbocycles. The first-order valence-corrected chi connectivity index (χ1v) is 11.5. The number of hydrogen-bond acceptors (Lipinski definition) is 5. The molecule has 0 radical (unpaired) electrons. The number of halogens is 2. The second-order valence-electron chi connectivity index (χ2n) is 10.4. The van der Waals surface area contributed by atoms with Crippen LogP contribution in [0.15, 0.2) is 23.1 Å². The molecular weight excluding hydrogens is 407 g/mol. The smallest absolute Gasteiger partial charge is 0.491 e. The lowest BCUT2D eigenvalue weighted by Gasteiger charge is -2.32. The third kappa shape index (κ3) is 5.70. The van der Waals surface area contributed by atoms with Crippen LogP contribution in [0.2, 0.25) is 0 Å². The third-order valence-corrected chi connectivity index (χ3v) is 7.13. The Balaban J connectivity index is 1.84. The second-order valence-corrected chi connectivity index (χ2v) is 11.3. The Morgan fingerprint density at radius 3 is 2.17 bits per heavy atom. The standard InChI is InChI=1S/C22H34BF2NO3S/c1-19(2,3)26-30-16-8-9-18(27-15-10-12-22(24,25)13-11-15)17(14-16)23-28-20(4,5)21(6,7)29-23/h8-9,14-15,26H,10-13H2,1-7H3. The van der Waals surface area contributed by atoms with Gasteiger partial charge in [0.2, 0.25) is 5.92 Å². The summed E-state index contributed by atoms with van der Waals surface area (Å²) in [6.07, 6.45) is 0.201. The van der Waals surface area contributed by atoms with Gasteiger partial charge in [-0.1, -0.05) is 0 Å². The van der Waals surface area contributed by atoms with Crippen molar-refractivity contribution in [3.63, 3.8) is 0 Å². The molecule has 0 amide bonds. The van der Waals surface area contributed by atoms with Crippen molar-refractivity contribution < 1.29 is 22.8 Å². The van der Waals surface area contributed by atoms with Crippen LogP contribution in [0, 0.1) is 0 Å². The molecule has 1 aromatic carbocycles. The molecule has 1 N–H and O–H groups in total. The second kappa shape index (κ2) is 8.26. The van der Waals surface area contributed by atoms with Crippen LogP contribution >= 0.6 is 11.9 Å². The van der Waals surface area contributed by atoms with E-state index >= 15 is 0 Å². The van der Waals surface area contributed by atoms with Crippen LogP contribution in [0.25, 0.3) is 0 Å². The lowest BCUT2D eigenvalue weighted by molar-refractivity contribution is -0.0581. The first-order chi connectivity index (χ1) is 13.7. The highest BCUT2D eigenvalue weighted by atomic mass is 32.2. The lowest BCUT2D eigenvalue weighted by atomic mass is 9.78. The number of nitrogens with one attached hydrogen (secondary N) is 1. The van der Waals surface area contributed by atoms with Crippen LogP contribution in [0.3, 0.4) is 0 Å². The average Bonchev–Trinajstić information content (AvgIpc) is 2.82. The minimum atomic E-state index is -2.58. The zero-order valence-corrected chi connectivity index (χ0v) is 19.9. The predicted molar refractivity (Wildman–Crippen MR) is 119 cm³/mol. The maximum atomic E-state index is 13.5. The Kier molecular flexibility index (Phi) is 6.56. The predicted octanol–water partition coefficient (Wildman–Crippen LogP) is 5.34. The maximum Gasteiger partial charge on any atom is 0.498 e. The van der Waals surface area contributed by atoms with Crippen molar-refractivity contribution in [2.75, 3.05) is 0 Å². The molecule has 0 bridgehead atoms. The summed E-state index contributed by atoms with van der Waals surface area (Å²) < 4.78 is 49.2. The fourth-order valence-corrected chi connectivity index (χ4v) is 4.12. The highest BCUT2D eigenvalue weighted by Crippen LogP contribution is 2.39. The molecule has 1 saturated heterocycles. The molecule has 1 heterocycles. The van der Waals surface area contributed by atoms with Crippen LogP contribution in [0.5, 0.6) is 5.75 Å². The van der Waals surface area contributed by atoms with Gasteiger partial charge in [0.15, 0.2) is 0 Å². The molecule has 168 valence electrons. The van der Waals surface area contributed by atoms with Crippen molar-refractivity contribution in [1.29, 1.82) is 0 Å². The van der Waals surface area contributed by atoms with E-state index in [1.165, 1.54) is 11.9 Å². The minimum absolute atomic E-state index is 0.0440. The minimum Gasteiger partial charge on any atom is -0.491 e. The molecular formula is C22H34BF2NO3S. The quantitative estimate of drug-likeness (QED) is 0.494. The van der Waals surface area contributed by atoms with Crippen LogP contribution in [-0.4, -0.2) is 35.9 Å². The first kappa shape index (κ1) is 23.8. The molecule has 1 aliphatic heterocycles. The van der Waals surface area contributed by atoms with Crippen LogP contribution in [0.4, 0.5) is 8.78 Å². The van der Waals surface area contributed by atoms with Gasteiger partial charge >= 0.3 is 7.12 Å². The molecule has 0 aromatic heterocycles. The molecule has 1 saturated carbocycles. The van der Waals surface area contributed by atoms with E-state index in [0.29, 0.717) is 18.6 Å². The van der Waals surface area contributed by atoms with Crippen molar-refractivity contribution >= 4 is 24.5 Å². The third-order valence-electron chi connectivity index (χ3n) is 5.92. The summed E-state index contributed by atoms with van der Waals surface area (Å²) >= 11 is 1.54. The molecule has 0 spiro atoms. The molecule has 2 aliphatic rings. The van der Waals surface area contributed by atoms with E-state index < -0.39 is 24.2 Å². The van der Waals surface area contributed by atoms with Gasteiger partial charge in [-0.25, -0.2) is 8.78 Å². The summed E-state index contributed by atoms with van der Waals surface area (Å²) in [4.78, 5) is 1.01. The molecule has 0 unspecified atom stereocenters. The van der Waals surface area contributed by atoms with Crippen LogP contribution < -0.4 is 14.9 Å². The van der Waals surface area contributed by atoms with Crippen molar-refractivity contribution in [3.8, 4) is 5.75 Å². The van der Waals surface area contributed by atoms with Crippen molar-refractivity contribution in [2.24, 2.45) is 0 Å². The summed E-state index contributed by atoms with van der Waals surface area (Å²) in [5.74, 6) is -1.93. The molecule has 0 atom stereocenters. The number of benzene rings is 1. The van der Waals surface area contributed by atoms with Crippen LogP contribution in [0.1, 0.15) is 74.1 Å². The Morgan fingerprint density at radius 2 is 1.63 bits per heavy atom. The van der Waals surface area contributed by atoms with Gasteiger partial charge in [-0.05, 0) is 91.5 Å². The Bertz CT molecular complexity index is 741. The fraction of sp³-hybridized carbons (Fsp3) is 0.727. The number of alkyl halides is 2. The Labute approximate surface area is 184 Å². The van der Waals surface area contributed by atoms with E-state index in [2.05, 4.69) is 25.5 Å². The van der Waals surface area contributed by atoms with Crippen molar-refractivity contribution in [2.45, 2.75) is 108 Å². The first-order valence-electron chi connectivity index (χ1n) is 10.7. The zero-order valence-electron chi connectivity index (χ0n) is 19.1. The zero-order chi connectivity index (χ0) is 22.4. The highest BCUT2D eigenvalue weighted by molar-refractivity contribution is 7.97. The van der Waals surface area contributed by atoms with E-state index in [-0.39, 0.29) is 24.5 Å². The Hall–Kier alpha value is -0.825. The number of rotatable bonds is 5.